The molecular weight excluding hydrogens is 338 g/mol. The summed E-state index contributed by atoms with van der Waals surface area (Å²) in [4.78, 5) is 19.4. The van der Waals surface area contributed by atoms with E-state index < -0.39 is 0 Å². The van der Waals surface area contributed by atoms with Crippen LogP contribution in [0, 0.1) is 0 Å². The first-order valence-corrected chi connectivity index (χ1v) is 10.5. The van der Waals surface area contributed by atoms with Crippen LogP contribution >= 0.6 is 0 Å². The topological polar surface area (TPSA) is 36.0 Å². The van der Waals surface area contributed by atoms with Gasteiger partial charge in [0.15, 0.2) is 0 Å². The molecule has 2 unspecified atom stereocenters. The van der Waals surface area contributed by atoms with Crippen LogP contribution in [0.25, 0.3) is 0 Å². The number of likely N-dealkylation sites (N-methyl/N-ethyl adjacent to an activating group) is 1. The molecule has 1 aromatic rings. The molecule has 3 rings (SSSR count). The monoisotopic (exact) mass is 373 g/mol. The van der Waals surface area contributed by atoms with Gasteiger partial charge in [0.1, 0.15) is 0 Å². The summed E-state index contributed by atoms with van der Waals surface area (Å²) in [6.07, 6.45) is 4.49. The van der Waals surface area contributed by atoms with Gasteiger partial charge in [-0.15, -0.1) is 0 Å². The zero-order valence-corrected chi connectivity index (χ0v) is 17.2. The quantitative estimate of drug-likeness (QED) is 0.768. The van der Waals surface area contributed by atoms with Gasteiger partial charge in [-0.05, 0) is 57.5 Å². The molecule has 0 N–H and O–H groups in total. The van der Waals surface area contributed by atoms with Crippen molar-refractivity contribution in [1.82, 2.24) is 14.7 Å². The molecule has 0 bridgehead atoms. The molecule has 1 amide bonds. The van der Waals surface area contributed by atoms with Crippen LogP contribution in [0.5, 0.6) is 0 Å². The third-order valence-corrected chi connectivity index (χ3v) is 5.65. The van der Waals surface area contributed by atoms with E-state index in [9.17, 15) is 4.79 Å². The molecule has 2 saturated heterocycles. The maximum Gasteiger partial charge on any atom is 0.253 e. The molecule has 5 nitrogen and oxygen atoms in total. The highest BCUT2D eigenvalue weighted by atomic mass is 16.5. The highest BCUT2D eigenvalue weighted by Gasteiger charge is 2.22. The first-order valence-electron chi connectivity index (χ1n) is 10.5. The predicted octanol–water partition coefficient (Wildman–Crippen LogP) is 2.85. The number of benzene rings is 1. The highest BCUT2D eigenvalue weighted by molar-refractivity contribution is 5.94. The van der Waals surface area contributed by atoms with Crippen molar-refractivity contribution in [3.05, 3.63) is 35.4 Å². The summed E-state index contributed by atoms with van der Waals surface area (Å²) >= 11 is 0. The van der Waals surface area contributed by atoms with E-state index in [1.807, 2.05) is 24.1 Å². The highest BCUT2D eigenvalue weighted by Crippen LogP contribution is 2.15. The van der Waals surface area contributed by atoms with Crippen LogP contribution in [-0.4, -0.2) is 79.1 Å². The number of hydrogen-bond donors (Lipinski definition) is 0. The van der Waals surface area contributed by atoms with Crippen molar-refractivity contribution in [3.8, 4) is 0 Å². The van der Waals surface area contributed by atoms with Gasteiger partial charge in [-0.3, -0.25) is 9.69 Å². The second-order valence-electron chi connectivity index (χ2n) is 8.28. The Labute approximate surface area is 164 Å². The first-order chi connectivity index (χ1) is 13.0. The van der Waals surface area contributed by atoms with Gasteiger partial charge in [0, 0.05) is 45.3 Å². The standard InChI is InChI=1S/C22H35N3O2/c1-18-15-25(16-19(2)27-18)17-20-7-9-21(10-8-20)22(26)23(3)13-14-24-11-5-4-6-12-24/h7-10,18-19H,4-6,11-17H2,1-3H3. The number of piperidine rings is 1. The molecule has 1 aromatic carbocycles. The summed E-state index contributed by atoms with van der Waals surface area (Å²) in [5, 5.41) is 0. The molecule has 2 heterocycles. The van der Waals surface area contributed by atoms with E-state index in [1.54, 1.807) is 0 Å². The van der Waals surface area contributed by atoms with E-state index in [-0.39, 0.29) is 18.1 Å². The Hall–Kier alpha value is -1.43. The van der Waals surface area contributed by atoms with Gasteiger partial charge >= 0.3 is 0 Å². The van der Waals surface area contributed by atoms with Crippen molar-refractivity contribution in [2.75, 3.05) is 46.3 Å². The summed E-state index contributed by atoms with van der Waals surface area (Å²) < 4.78 is 5.80. The van der Waals surface area contributed by atoms with Crippen molar-refractivity contribution in [2.24, 2.45) is 0 Å². The van der Waals surface area contributed by atoms with Crippen molar-refractivity contribution >= 4 is 5.91 Å². The smallest absolute Gasteiger partial charge is 0.253 e. The lowest BCUT2D eigenvalue weighted by molar-refractivity contribution is -0.0704. The van der Waals surface area contributed by atoms with Crippen LogP contribution < -0.4 is 0 Å². The molecule has 150 valence electrons. The van der Waals surface area contributed by atoms with Crippen LogP contribution in [0.3, 0.4) is 0 Å². The second-order valence-corrected chi connectivity index (χ2v) is 8.28. The number of rotatable bonds is 6. The largest absolute Gasteiger partial charge is 0.373 e. The molecule has 0 saturated carbocycles. The van der Waals surface area contributed by atoms with E-state index in [0.717, 1.165) is 38.3 Å². The number of carbonyl (C=O) groups excluding carboxylic acids is 1. The van der Waals surface area contributed by atoms with Gasteiger partial charge in [0.2, 0.25) is 0 Å². The number of carbonyl (C=O) groups is 1. The second kappa shape index (κ2) is 9.67. The first kappa shape index (κ1) is 20.3. The van der Waals surface area contributed by atoms with E-state index in [0.29, 0.717) is 0 Å². The predicted molar refractivity (Wildman–Crippen MR) is 109 cm³/mol. The Balaban J connectivity index is 1.49. The molecule has 2 aliphatic rings. The minimum absolute atomic E-state index is 0.118. The average molecular weight is 374 g/mol. The minimum atomic E-state index is 0.118. The Kier molecular flexibility index (Phi) is 7.27. The normalized spacial score (nSPS) is 24.7. The number of amides is 1. The molecule has 0 aliphatic carbocycles. The van der Waals surface area contributed by atoms with Crippen LogP contribution in [0.4, 0.5) is 0 Å². The van der Waals surface area contributed by atoms with Gasteiger partial charge in [-0.1, -0.05) is 18.6 Å². The summed E-state index contributed by atoms with van der Waals surface area (Å²) in [6, 6.07) is 8.14. The Bertz CT molecular complexity index is 588. The maximum absolute atomic E-state index is 12.7. The Morgan fingerprint density at radius 3 is 2.30 bits per heavy atom. The number of hydrogen-bond acceptors (Lipinski definition) is 4. The van der Waals surface area contributed by atoms with Gasteiger partial charge in [-0.25, -0.2) is 0 Å². The zero-order valence-electron chi connectivity index (χ0n) is 17.2. The molecule has 2 fully saturated rings. The van der Waals surface area contributed by atoms with Gasteiger partial charge in [0.05, 0.1) is 12.2 Å². The average Bonchev–Trinajstić information content (AvgIpc) is 2.66. The molecule has 2 atom stereocenters. The number of ether oxygens (including phenoxy) is 1. The summed E-state index contributed by atoms with van der Waals surface area (Å²) in [5.74, 6) is 0.118. The van der Waals surface area contributed by atoms with Gasteiger partial charge in [-0.2, -0.15) is 0 Å². The molecular formula is C22H35N3O2. The van der Waals surface area contributed by atoms with E-state index in [4.69, 9.17) is 4.74 Å². The lowest BCUT2D eigenvalue weighted by Crippen LogP contribution is -2.44. The van der Waals surface area contributed by atoms with Crippen LogP contribution in [0.15, 0.2) is 24.3 Å². The van der Waals surface area contributed by atoms with E-state index in [1.165, 1.54) is 37.9 Å². The fourth-order valence-corrected chi connectivity index (χ4v) is 4.22. The Morgan fingerprint density at radius 2 is 1.67 bits per heavy atom. The van der Waals surface area contributed by atoms with Crippen molar-refractivity contribution < 1.29 is 9.53 Å². The molecule has 0 spiro atoms. The fourth-order valence-electron chi connectivity index (χ4n) is 4.22. The molecule has 0 radical (unpaired) electrons. The Morgan fingerprint density at radius 1 is 1.04 bits per heavy atom. The van der Waals surface area contributed by atoms with Crippen molar-refractivity contribution in [3.63, 3.8) is 0 Å². The van der Waals surface area contributed by atoms with E-state index in [2.05, 4.69) is 35.8 Å². The molecule has 2 aliphatic heterocycles. The van der Waals surface area contributed by atoms with Crippen molar-refractivity contribution in [1.29, 1.82) is 0 Å². The molecule has 0 aromatic heterocycles. The fraction of sp³-hybridized carbons (Fsp3) is 0.682. The van der Waals surface area contributed by atoms with Crippen LogP contribution in [0.2, 0.25) is 0 Å². The number of nitrogens with zero attached hydrogens (tertiary/aromatic N) is 3. The van der Waals surface area contributed by atoms with Gasteiger partial charge < -0.3 is 14.5 Å². The van der Waals surface area contributed by atoms with Gasteiger partial charge in [0.25, 0.3) is 5.91 Å². The van der Waals surface area contributed by atoms with Crippen molar-refractivity contribution in [2.45, 2.75) is 51.9 Å². The minimum Gasteiger partial charge on any atom is -0.373 e. The van der Waals surface area contributed by atoms with Crippen LogP contribution in [0.1, 0.15) is 49.0 Å². The number of morpholine rings is 1. The third kappa shape index (κ3) is 6.03. The maximum atomic E-state index is 12.7. The number of likely N-dealkylation sites (tertiary alicyclic amines) is 1. The third-order valence-electron chi connectivity index (χ3n) is 5.65. The summed E-state index contributed by atoms with van der Waals surface area (Å²) in [5.41, 5.74) is 2.03. The van der Waals surface area contributed by atoms with Crippen LogP contribution in [-0.2, 0) is 11.3 Å². The SMILES string of the molecule is CC1CN(Cc2ccc(C(=O)N(C)CCN3CCCCC3)cc2)CC(C)O1. The summed E-state index contributed by atoms with van der Waals surface area (Å²) in [6.45, 7) is 11.2. The lowest BCUT2D eigenvalue weighted by atomic mass is 10.1. The van der Waals surface area contributed by atoms with E-state index >= 15 is 0 Å². The summed E-state index contributed by atoms with van der Waals surface area (Å²) in [7, 11) is 1.91. The molecule has 27 heavy (non-hydrogen) atoms. The molecule has 5 heteroatoms. The zero-order chi connectivity index (χ0) is 19.2. The lowest BCUT2D eigenvalue weighted by Gasteiger charge is -2.35.